The third kappa shape index (κ3) is 2.10. The van der Waals surface area contributed by atoms with Crippen LogP contribution < -0.4 is 4.74 Å². The number of hydrogen-bond donors (Lipinski definition) is 2. The van der Waals surface area contributed by atoms with E-state index in [0.717, 1.165) is 0 Å². The highest BCUT2D eigenvalue weighted by molar-refractivity contribution is 7.80. The average Bonchev–Trinajstić information content (AvgIpc) is 2.07. The molecule has 0 fully saturated rings. The molecule has 1 rings (SSSR count). The molecule has 1 unspecified atom stereocenters. The smallest absolute Gasteiger partial charge is 0.139 e. The molecule has 0 saturated carbocycles. The molecule has 0 radical (unpaired) electrons. The van der Waals surface area contributed by atoms with Crippen LogP contribution in [0, 0.1) is 0 Å². The molecule has 72 valence electrons. The zero-order valence-electron chi connectivity index (χ0n) is 7.41. The third-order valence-corrected chi connectivity index (χ3v) is 2.43. The van der Waals surface area contributed by atoms with Crippen molar-refractivity contribution in [2.45, 2.75) is 17.9 Å². The van der Waals surface area contributed by atoms with Crippen LogP contribution in [0.25, 0.3) is 0 Å². The van der Waals surface area contributed by atoms with Crippen molar-refractivity contribution in [2.75, 3.05) is 7.11 Å². The second-order valence-corrected chi connectivity index (χ2v) is 3.58. The molecule has 1 aromatic rings. The lowest BCUT2D eigenvalue weighted by Crippen LogP contribution is -1.98. The molecule has 0 aliphatic rings. The molecule has 0 aliphatic heterocycles. The minimum Gasteiger partial charge on any atom is -0.495 e. The van der Waals surface area contributed by atoms with Crippen LogP contribution in [0.15, 0.2) is 17.0 Å². The molecule has 1 N–H and O–H groups in total. The van der Waals surface area contributed by atoms with Crippen LogP contribution in [-0.4, -0.2) is 12.2 Å². The Balaban J connectivity index is 3.35. The summed E-state index contributed by atoms with van der Waals surface area (Å²) < 4.78 is 5.10. The van der Waals surface area contributed by atoms with Crippen molar-refractivity contribution in [1.29, 1.82) is 0 Å². The summed E-state index contributed by atoms with van der Waals surface area (Å²) in [7, 11) is 1.53. The van der Waals surface area contributed by atoms with Crippen LogP contribution in [0.1, 0.15) is 18.6 Å². The fourth-order valence-electron chi connectivity index (χ4n) is 1.17. The molecule has 0 amide bonds. The van der Waals surface area contributed by atoms with Gasteiger partial charge in [0.1, 0.15) is 5.75 Å². The Kier molecular flexibility index (Phi) is 3.47. The topological polar surface area (TPSA) is 29.5 Å². The van der Waals surface area contributed by atoms with Gasteiger partial charge in [0.05, 0.1) is 18.2 Å². The highest BCUT2D eigenvalue weighted by Gasteiger charge is 2.15. The minimum atomic E-state index is -0.658. The number of benzene rings is 1. The van der Waals surface area contributed by atoms with Gasteiger partial charge in [0.15, 0.2) is 0 Å². The van der Waals surface area contributed by atoms with E-state index in [-0.39, 0.29) is 0 Å². The molecule has 1 atom stereocenters. The van der Waals surface area contributed by atoms with Gasteiger partial charge in [-0.25, -0.2) is 0 Å². The van der Waals surface area contributed by atoms with Gasteiger partial charge >= 0.3 is 0 Å². The molecule has 0 aromatic heterocycles. The Labute approximate surface area is 87.9 Å². The molecule has 2 nitrogen and oxygen atoms in total. The van der Waals surface area contributed by atoms with Crippen LogP contribution in [0.3, 0.4) is 0 Å². The van der Waals surface area contributed by atoms with E-state index in [9.17, 15) is 5.11 Å². The van der Waals surface area contributed by atoms with Crippen molar-refractivity contribution in [2.24, 2.45) is 0 Å². The van der Waals surface area contributed by atoms with E-state index in [0.29, 0.717) is 21.2 Å². The molecule has 0 bridgehead atoms. The first kappa shape index (κ1) is 10.7. The summed E-state index contributed by atoms with van der Waals surface area (Å²) >= 11 is 10.1. The Morgan fingerprint density at radius 1 is 1.54 bits per heavy atom. The van der Waals surface area contributed by atoms with Crippen LogP contribution in [-0.2, 0) is 0 Å². The summed E-state index contributed by atoms with van der Waals surface area (Å²) in [5.41, 5.74) is 0.580. The Morgan fingerprint density at radius 3 is 2.54 bits per heavy atom. The van der Waals surface area contributed by atoms with Crippen LogP contribution in [0.2, 0.25) is 5.02 Å². The zero-order valence-corrected chi connectivity index (χ0v) is 9.06. The number of aliphatic hydroxyl groups is 1. The van der Waals surface area contributed by atoms with Crippen molar-refractivity contribution >= 4 is 24.2 Å². The predicted molar refractivity (Wildman–Crippen MR) is 55.9 cm³/mol. The Morgan fingerprint density at radius 2 is 2.15 bits per heavy atom. The highest BCUT2D eigenvalue weighted by Crippen LogP contribution is 2.36. The van der Waals surface area contributed by atoms with Gasteiger partial charge in [-0.3, -0.25) is 0 Å². The first-order valence-corrected chi connectivity index (χ1v) is 4.64. The molecule has 0 heterocycles. The standard InChI is InChI=1S/C9H11ClO2S/c1-5(11)8-6(10)3-4-7(13)9(8)12-2/h3-5,11,13H,1-2H3. The van der Waals surface area contributed by atoms with Crippen LogP contribution >= 0.6 is 24.2 Å². The Bertz CT molecular complexity index is 313. The van der Waals surface area contributed by atoms with Crippen molar-refractivity contribution in [3.63, 3.8) is 0 Å². The van der Waals surface area contributed by atoms with E-state index in [2.05, 4.69) is 12.6 Å². The third-order valence-electron chi connectivity index (χ3n) is 1.74. The average molecular weight is 219 g/mol. The lowest BCUT2D eigenvalue weighted by Gasteiger charge is -2.14. The minimum absolute atomic E-state index is 0.490. The molecular weight excluding hydrogens is 208 g/mol. The monoisotopic (exact) mass is 218 g/mol. The van der Waals surface area contributed by atoms with Gasteiger partial charge in [0.25, 0.3) is 0 Å². The first-order valence-electron chi connectivity index (χ1n) is 3.81. The van der Waals surface area contributed by atoms with Gasteiger partial charge in [-0.2, -0.15) is 0 Å². The quantitative estimate of drug-likeness (QED) is 0.748. The lowest BCUT2D eigenvalue weighted by molar-refractivity contribution is 0.193. The second-order valence-electron chi connectivity index (χ2n) is 2.69. The molecule has 0 aliphatic carbocycles. The predicted octanol–water partition coefficient (Wildman–Crippen LogP) is 2.69. The first-order chi connectivity index (χ1) is 6.07. The second kappa shape index (κ2) is 4.22. The number of ether oxygens (including phenoxy) is 1. The van der Waals surface area contributed by atoms with E-state index < -0.39 is 6.10 Å². The van der Waals surface area contributed by atoms with Crippen molar-refractivity contribution < 1.29 is 9.84 Å². The number of thiol groups is 1. The normalized spacial score (nSPS) is 12.7. The van der Waals surface area contributed by atoms with Gasteiger partial charge in [-0.05, 0) is 19.1 Å². The van der Waals surface area contributed by atoms with Gasteiger partial charge in [0, 0.05) is 10.5 Å². The van der Waals surface area contributed by atoms with Crippen molar-refractivity contribution in [1.82, 2.24) is 0 Å². The fourth-order valence-corrected chi connectivity index (χ4v) is 1.76. The Hall–Kier alpha value is -0.380. The number of rotatable bonds is 2. The van der Waals surface area contributed by atoms with E-state index in [4.69, 9.17) is 16.3 Å². The van der Waals surface area contributed by atoms with E-state index in [1.54, 1.807) is 19.1 Å². The fraction of sp³-hybridized carbons (Fsp3) is 0.333. The summed E-state index contributed by atoms with van der Waals surface area (Å²) in [6, 6.07) is 3.42. The van der Waals surface area contributed by atoms with E-state index in [1.807, 2.05) is 0 Å². The molecule has 0 spiro atoms. The van der Waals surface area contributed by atoms with Crippen LogP contribution in [0.5, 0.6) is 5.75 Å². The number of methoxy groups -OCH3 is 1. The number of halogens is 1. The lowest BCUT2D eigenvalue weighted by atomic mass is 10.1. The largest absolute Gasteiger partial charge is 0.495 e. The van der Waals surface area contributed by atoms with E-state index >= 15 is 0 Å². The summed E-state index contributed by atoms with van der Waals surface area (Å²) in [5, 5.41) is 9.93. The maximum absolute atomic E-state index is 9.44. The maximum Gasteiger partial charge on any atom is 0.139 e. The summed E-state index contributed by atoms with van der Waals surface area (Å²) in [6.07, 6.45) is -0.658. The number of hydrogen-bond acceptors (Lipinski definition) is 3. The van der Waals surface area contributed by atoms with Crippen molar-refractivity contribution in [3.05, 3.63) is 22.7 Å². The van der Waals surface area contributed by atoms with Gasteiger partial charge in [0.2, 0.25) is 0 Å². The van der Waals surface area contributed by atoms with Crippen LogP contribution in [0.4, 0.5) is 0 Å². The molecule has 4 heteroatoms. The zero-order chi connectivity index (χ0) is 10.0. The number of aliphatic hydroxyl groups excluding tert-OH is 1. The molecular formula is C9H11ClO2S. The van der Waals surface area contributed by atoms with Crippen molar-refractivity contribution in [3.8, 4) is 5.75 Å². The van der Waals surface area contributed by atoms with Gasteiger partial charge < -0.3 is 9.84 Å². The SMILES string of the molecule is COc1c(S)ccc(Cl)c1C(C)O. The molecule has 13 heavy (non-hydrogen) atoms. The van der Waals surface area contributed by atoms with E-state index in [1.165, 1.54) is 7.11 Å². The molecule has 0 saturated heterocycles. The molecule has 1 aromatic carbocycles. The summed E-state index contributed by atoms with van der Waals surface area (Å²) in [5.74, 6) is 0.533. The van der Waals surface area contributed by atoms with Gasteiger partial charge in [-0.1, -0.05) is 11.6 Å². The summed E-state index contributed by atoms with van der Waals surface area (Å²) in [6.45, 7) is 1.64. The highest BCUT2D eigenvalue weighted by atomic mass is 35.5. The maximum atomic E-state index is 9.44. The summed E-state index contributed by atoms with van der Waals surface area (Å²) in [4.78, 5) is 0.669. The van der Waals surface area contributed by atoms with Gasteiger partial charge in [-0.15, -0.1) is 12.6 Å².